The van der Waals surface area contributed by atoms with Gasteiger partial charge in [0.15, 0.2) is 0 Å². The van der Waals surface area contributed by atoms with Gasteiger partial charge in [0.25, 0.3) is 0 Å². The minimum atomic E-state index is -0.273. The number of benzene rings is 1. The van der Waals surface area contributed by atoms with Crippen molar-refractivity contribution in [1.82, 2.24) is 15.1 Å². The second-order valence-corrected chi connectivity index (χ2v) is 7.81. The zero-order valence-electron chi connectivity index (χ0n) is 15.6. The van der Waals surface area contributed by atoms with Crippen LogP contribution in [0.25, 0.3) is 0 Å². The number of piperazine rings is 1. The molecule has 1 aliphatic rings. The summed E-state index contributed by atoms with van der Waals surface area (Å²) in [6, 6.07) is 7.16. The van der Waals surface area contributed by atoms with E-state index in [2.05, 4.69) is 44.3 Å². The second-order valence-electron chi connectivity index (χ2n) is 6.59. The predicted molar refractivity (Wildman–Crippen MR) is 111 cm³/mol. The molecule has 1 atom stereocenters. The molecule has 1 fully saturated rings. The van der Waals surface area contributed by atoms with Gasteiger partial charge in [0, 0.05) is 37.7 Å². The molecule has 2 aromatic rings. The molecule has 1 aliphatic heterocycles. The van der Waals surface area contributed by atoms with E-state index in [1.54, 1.807) is 36.6 Å². The van der Waals surface area contributed by atoms with Crippen LogP contribution in [0.1, 0.15) is 11.6 Å². The zero-order valence-corrected chi connectivity index (χ0v) is 17.1. The van der Waals surface area contributed by atoms with Crippen molar-refractivity contribution in [2.24, 2.45) is 0 Å². The van der Waals surface area contributed by atoms with Crippen molar-refractivity contribution < 1.29 is 9.53 Å². The number of halogens is 1. The van der Waals surface area contributed by atoms with Crippen LogP contribution in [-0.4, -0.2) is 62.7 Å². The number of carbonyl (C=O) groups is 1. The Balaban J connectivity index is 1.63. The number of methoxy groups -OCH3 is 1. The van der Waals surface area contributed by atoms with Crippen molar-refractivity contribution in [1.29, 1.82) is 0 Å². The number of hydrogen-bond donors (Lipinski definition) is 2. The maximum Gasteiger partial charge on any atom is 0.319 e. The third-order valence-corrected chi connectivity index (χ3v) is 5.71. The number of nitrogens with one attached hydrogen (secondary N) is 2. The number of ether oxygens (including phenoxy) is 1. The Hall–Kier alpha value is -1.80. The number of thiophene rings is 1. The number of amides is 2. The van der Waals surface area contributed by atoms with Gasteiger partial charge in [-0.15, -0.1) is 0 Å². The van der Waals surface area contributed by atoms with Gasteiger partial charge in [-0.25, -0.2) is 4.79 Å². The molecule has 0 saturated carbocycles. The molecular formula is C19H25ClN4O2S. The third-order valence-electron chi connectivity index (χ3n) is 4.77. The maximum absolute atomic E-state index is 12.5. The molecule has 2 N–H and O–H groups in total. The highest BCUT2D eigenvalue weighted by molar-refractivity contribution is 7.08. The topological polar surface area (TPSA) is 56.8 Å². The summed E-state index contributed by atoms with van der Waals surface area (Å²) in [5, 5.41) is 10.6. The summed E-state index contributed by atoms with van der Waals surface area (Å²) in [7, 11) is 3.70. The van der Waals surface area contributed by atoms with Gasteiger partial charge in [0.1, 0.15) is 5.75 Å². The van der Waals surface area contributed by atoms with Gasteiger partial charge < -0.3 is 20.3 Å². The van der Waals surface area contributed by atoms with Gasteiger partial charge in [-0.2, -0.15) is 11.3 Å². The van der Waals surface area contributed by atoms with Crippen LogP contribution < -0.4 is 15.4 Å². The number of hydrogen-bond acceptors (Lipinski definition) is 5. The highest BCUT2D eigenvalue weighted by Gasteiger charge is 2.24. The fourth-order valence-corrected chi connectivity index (χ4v) is 4.07. The molecule has 6 nitrogen and oxygen atoms in total. The largest absolute Gasteiger partial charge is 0.495 e. The Morgan fingerprint density at radius 1 is 1.30 bits per heavy atom. The van der Waals surface area contributed by atoms with Gasteiger partial charge in [-0.1, -0.05) is 11.6 Å². The van der Waals surface area contributed by atoms with Crippen molar-refractivity contribution >= 4 is 34.7 Å². The van der Waals surface area contributed by atoms with E-state index in [9.17, 15) is 4.79 Å². The van der Waals surface area contributed by atoms with Crippen molar-refractivity contribution in [3.8, 4) is 5.75 Å². The number of anilines is 1. The van der Waals surface area contributed by atoms with E-state index in [1.165, 1.54) is 5.56 Å². The number of urea groups is 1. The van der Waals surface area contributed by atoms with Crippen molar-refractivity contribution in [3.63, 3.8) is 0 Å². The van der Waals surface area contributed by atoms with Gasteiger partial charge in [0.05, 0.1) is 18.8 Å². The van der Waals surface area contributed by atoms with Crippen LogP contribution in [0.15, 0.2) is 35.0 Å². The molecule has 0 radical (unpaired) electrons. The molecule has 2 heterocycles. The number of carbonyl (C=O) groups excluding carboxylic acids is 1. The quantitative estimate of drug-likeness (QED) is 0.767. The summed E-state index contributed by atoms with van der Waals surface area (Å²) in [5.74, 6) is 0.572. The van der Waals surface area contributed by atoms with Gasteiger partial charge in [-0.3, -0.25) is 4.90 Å². The molecule has 1 aromatic heterocycles. The van der Waals surface area contributed by atoms with Crippen molar-refractivity contribution in [2.45, 2.75) is 6.04 Å². The highest BCUT2D eigenvalue weighted by atomic mass is 35.5. The van der Waals surface area contributed by atoms with Crippen LogP contribution in [-0.2, 0) is 0 Å². The minimum Gasteiger partial charge on any atom is -0.495 e. The second kappa shape index (κ2) is 9.41. The van der Waals surface area contributed by atoms with Gasteiger partial charge >= 0.3 is 6.03 Å². The minimum absolute atomic E-state index is 0.164. The molecule has 1 saturated heterocycles. The summed E-state index contributed by atoms with van der Waals surface area (Å²) in [6.07, 6.45) is 0. The maximum atomic E-state index is 12.5. The molecule has 0 aliphatic carbocycles. The van der Waals surface area contributed by atoms with Crippen LogP contribution in [0.2, 0.25) is 5.02 Å². The monoisotopic (exact) mass is 408 g/mol. The molecule has 2 amide bonds. The lowest BCUT2D eigenvalue weighted by molar-refractivity contribution is 0.111. The third kappa shape index (κ3) is 5.35. The Kier molecular flexibility index (Phi) is 6.95. The SMILES string of the molecule is COc1ccc(Cl)cc1NC(=O)NC[C@@H](c1ccsc1)N1CCN(C)CC1. The van der Waals surface area contributed by atoms with Gasteiger partial charge in [-0.05, 0) is 47.6 Å². The van der Waals surface area contributed by atoms with E-state index in [0.29, 0.717) is 23.0 Å². The van der Waals surface area contributed by atoms with Crippen LogP contribution in [0.3, 0.4) is 0 Å². The van der Waals surface area contributed by atoms with E-state index < -0.39 is 0 Å². The Labute approximate surface area is 169 Å². The van der Waals surface area contributed by atoms with Crippen LogP contribution in [0.5, 0.6) is 5.75 Å². The number of likely N-dealkylation sites (N-methyl/N-ethyl adjacent to an activating group) is 1. The lowest BCUT2D eigenvalue weighted by Crippen LogP contribution is -2.48. The van der Waals surface area contributed by atoms with Crippen molar-refractivity contribution in [3.05, 3.63) is 45.6 Å². The van der Waals surface area contributed by atoms with E-state index in [1.807, 2.05) is 0 Å². The van der Waals surface area contributed by atoms with E-state index in [-0.39, 0.29) is 12.1 Å². The number of nitrogens with zero attached hydrogens (tertiary/aromatic N) is 2. The normalized spacial score (nSPS) is 16.7. The first kappa shape index (κ1) is 19.9. The fraction of sp³-hybridized carbons (Fsp3) is 0.421. The molecule has 0 bridgehead atoms. The van der Waals surface area contributed by atoms with Crippen molar-refractivity contribution in [2.75, 3.05) is 52.2 Å². The first-order chi connectivity index (χ1) is 13.1. The molecule has 3 rings (SSSR count). The Bertz CT molecular complexity index is 748. The first-order valence-electron chi connectivity index (χ1n) is 8.90. The summed E-state index contributed by atoms with van der Waals surface area (Å²) in [6.45, 7) is 4.58. The summed E-state index contributed by atoms with van der Waals surface area (Å²) in [4.78, 5) is 17.2. The molecule has 1 aromatic carbocycles. The van der Waals surface area contributed by atoms with Crippen LogP contribution >= 0.6 is 22.9 Å². The average molecular weight is 409 g/mol. The summed E-state index contributed by atoms with van der Waals surface area (Å²) in [5.41, 5.74) is 1.79. The van der Waals surface area contributed by atoms with Crippen LogP contribution in [0, 0.1) is 0 Å². The average Bonchev–Trinajstić information content (AvgIpc) is 3.18. The number of rotatable bonds is 6. The Morgan fingerprint density at radius 3 is 2.74 bits per heavy atom. The standard InChI is InChI=1S/C19H25ClN4O2S/c1-23-6-8-24(9-7-23)17(14-5-10-27-13-14)12-21-19(25)22-16-11-15(20)3-4-18(16)26-2/h3-5,10-11,13,17H,6-9,12H2,1-2H3,(H2,21,22,25)/t17-/m0/s1. The Morgan fingerprint density at radius 2 is 2.07 bits per heavy atom. The van der Waals surface area contributed by atoms with E-state index in [0.717, 1.165) is 26.2 Å². The molecule has 8 heteroatoms. The zero-order chi connectivity index (χ0) is 19.2. The van der Waals surface area contributed by atoms with Gasteiger partial charge in [0.2, 0.25) is 0 Å². The lowest BCUT2D eigenvalue weighted by atomic mass is 10.1. The highest BCUT2D eigenvalue weighted by Crippen LogP contribution is 2.28. The smallest absolute Gasteiger partial charge is 0.319 e. The molecular weight excluding hydrogens is 384 g/mol. The lowest BCUT2D eigenvalue weighted by Gasteiger charge is -2.38. The summed E-state index contributed by atoms with van der Waals surface area (Å²) >= 11 is 7.71. The van der Waals surface area contributed by atoms with E-state index in [4.69, 9.17) is 16.3 Å². The fourth-order valence-electron chi connectivity index (χ4n) is 3.19. The molecule has 146 valence electrons. The first-order valence-corrected chi connectivity index (χ1v) is 10.2. The molecule has 0 spiro atoms. The predicted octanol–water partition coefficient (Wildman–Crippen LogP) is 3.52. The summed E-state index contributed by atoms with van der Waals surface area (Å²) < 4.78 is 5.28. The molecule has 0 unspecified atom stereocenters. The molecule has 27 heavy (non-hydrogen) atoms. The van der Waals surface area contributed by atoms with Crippen LogP contribution in [0.4, 0.5) is 10.5 Å². The van der Waals surface area contributed by atoms with E-state index >= 15 is 0 Å².